The van der Waals surface area contributed by atoms with Gasteiger partial charge >= 0.3 is 5.97 Å². The van der Waals surface area contributed by atoms with E-state index >= 15 is 0 Å². The van der Waals surface area contributed by atoms with Crippen LogP contribution in [0, 0.1) is 0 Å². The third-order valence-electron chi connectivity index (χ3n) is 4.95. The van der Waals surface area contributed by atoms with Gasteiger partial charge < -0.3 is 9.64 Å². The number of likely N-dealkylation sites (N-methyl/N-ethyl adjacent to an activating group) is 1. The fourth-order valence-electron chi connectivity index (χ4n) is 3.12. The Morgan fingerprint density at radius 3 is 2.23 bits per heavy atom. The third-order valence-corrected chi connectivity index (χ3v) is 6.01. The molecule has 0 unspecified atom stereocenters. The molecule has 0 aliphatic rings. The SMILES string of the molecule is CCOC(=O)/C=c1\s/c(=C\c2ccc(C(C)(C)C)cc2)c(=O)n1CC(=O)N(CC)CC. The average molecular weight is 445 g/mol. The van der Waals surface area contributed by atoms with Crippen LogP contribution in [-0.2, 0) is 26.3 Å². The van der Waals surface area contributed by atoms with Gasteiger partial charge in [0.15, 0.2) is 0 Å². The highest BCUT2D eigenvalue weighted by atomic mass is 32.1. The van der Waals surface area contributed by atoms with Crippen LogP contribution in [0.5, 0.6) is 0 Å². The Morgan fingerprint density at radius 1 is 1.10 bits per heavy atom. The molecule has 1 heterocycles. The van der Waals surface area contributed by atoms with E-state index in [1.165, 1.54) is 27.5 Å². The first-order valence-electron chi connectivity index (χ1n) is 10.6. The van der Waals surface area contributed by atoms with E-state index in [9.17, 15) is 14.4 Å². The van der Waals surface area contributed by atoms with E-state index in [2.05, 4.69) is 20.8 Å². The number of carbonyl (C=O) groups is 2. The maximum absolute atomic E-state index is 13.1. The van der Waals surface area contributed by atoms with E-state index in [0.717, 1.165) is 5.56 Å². The Bertz CT molecular complexity index is 1080. The lowest BCUT2D eigenvalue weighted by Gasteiger charge is -2.18. The first-order chi connectivity index (χ1) is 14.6. The fraction of sp³-hybridized carbons (Fsp3) is 0.458. The van der Waals surface area contributed by atoms with E-state index in [1.807, 2.05) is 38.1 Å². The molecule has 0 fully saturated rings. The predicted molar refractivity (Wildman–Crippen MR) is 126 cm³/mol. The predicted octanol–water partition coefficient (Wildman–Crippen LogP) is 2.25. The second-order valence-corrected chi connectivity index (χ2v) is 9.24. The monoisotopic (exact) mass is 444 g/mol. The molecule has 1 amide bonds. The molecule has 0 aliphatic heterocycles. The number of ether oxygens (including phenoxy) is 1. The molecule has 0 spiro atoms. The number of aromatic nitrogens is 1. The summed E-state index contributed by atoms with van der Waals surface area (Å²) in [5, 5.41) is 0. The van der Waals surface area contributed by atoms with Crippen molar-refractivity contribution in [1.82, 2.24) is 9.47 Å². The number of benzene rings is 1. The molecular weight excluding hydrogens is 412 g/mol. The number of thiazole rings is 1. The van der Waals surface area contributed by atoms with E-state index in [0.29, 0.717) is 22.3 Å². The van der Waals surface area contributed by atoms with Crippen molar-refractivity contribution in [2.24, 2.45) is 0 Å². The van der Waals surface area contributed by atoms with Crippen LogP contribution in [0.15, 0.2) is 29.1 Å². The Labute approximate surface area is 187 Å². The van der Waals surface area contributed by atoms with Gasteiger partial charge in [-0.3, -0.25) is 14.2 Å². The van der Waals surface area contributed by atoms with Crippen LogP contribution in [0.25, 0.3) is 12.2 Å². The van der Waals surface area contributed by atoms with E-state index in [-0.39, 0.29) is 30.0 Å². The van der Waals surface area contributed by atoms with Gasteiger partial charge in [0, 0.05) is 13.1 Å². The number of amides is 1. The van der Waals surface area contributed by atoms with Gasteiger partial charge in [-0.25, -0.2) is 4.79 Å². The van der Waals surface area contributed by atoms with Gasteiger partial charge in [-0.05, 0) is 43.4 Å². The second-order valence-electron chi connectivity index (χ2n) is 8.17. The maximum Gasteiger partial charge on any atom is 0.333 e. The van der Waals surface area contributed by atoms with Crippen LogP contribution in [0.2, 0.25) is 0 Å². The van der Waals surface area contributed by atoms with Gasteiger partial charge in [0.2, 0.25) is 5.91 Å². The number of hydrogen-bond acceptors (Lipinski definition) is 5. The summed E-state index contributed by atoms with van der Waals surface area (Å²) in [7, 11) is 0. The Morgan fingerprint density at radius 2 is 1.71 bits per heavy atom. The highest BCUT2D eigenvalue weighted by Crippen LogP contribution is 2.22. The van der Waals surface area contributed by atoms with E-state index in [4.69, 9.17) is 4.74 Å². The summed E-state index contributed by atoms with van der Waals surface area (Å²) in [6, 6.07) is 8.04. The topological polar surface area (TPSA) is 68.6 Å². The van der Waals surface area contributed by atoms with Crippen LogP contribution in [0.3, 0.4) is 0 Å². The molecule has 6 nitrogen and oxygen atoms in total. The van der Waals surface area contributed by atoms with Crippen LogP contribution < -0.4 is 14.8 Å². The quantitative estimate of drug-likeness (QED) is 0.615. The Hall–Kier alpha value is -2.67. The maximum atomic E-state index is 13.1. The van der Waals surface area contributed by atoms with Crippen LogP contribution in [-0.4, -0.2) is 41.0 Å². The number of carbonyl (C=O) groups excluding carboxylic acids is 2. The third kappa shape index (κ3) is 6.40. The van der Waals surface area contributed by atoms with Crippen molar-refractivity contribution >= 4 is 35.4 Å². The van der Waals surface area contributed by atoms with Gasteiger partial charge in [0.1, 0.15) is 11.2 Å². The lowest BCUT2D eigenvalue weighted by Crippen LogP contribution is -2.40. The molecule has 0 N–H and O–H groups in total. The zero-order valence-corrected chi connectivity index (χ0v) is 20.0. The molecule has 1 aromatic heterocycles. The lowest BCUT2D eigenvalue weighted by molar-refractivity contribution is -0.135. The van der Waals surface area contributed by atoms with Crippen molar-refractivity contribution in [1.29, 1.82) is 0 Å². The largest absolute Gasteiger partial charge is 0.463 e. The summed E-state index contributed by atoms with van der Waals surface area (Å²) in [6.45, 7) is 13.2. The molecular formula is C24H32N2O4S. The molecule has 2 rings (SSSR count). The smallest absolute Gasteiger partial charge is 0.333 e. The van der Waals surface area contributed by atoms with Gasteiger partial charge in [0.25, 0.3) is 5.56 Å². The van der Waals surface area contributed by atoms with Crippen molar-refractivity contribution in [3.05, 3.63) is 54.9 Å². The second kappa shape index (κ2) is 10.6. The van der Waals surface area contributed by atoms with Gasteiger partial charge in [0.05, 0.1) is 17.2 Å². The Balaban J connectivity index is 2.55. The zero-order valence-electron chi connectivity index (χ0n) is 19.2. The summed E-state index contributed by atoms with van der Waals surface area (Å²) in [5.74, 6) is -0.696. The normalized spacial score (nSPS) is 12.8. The van der Waals surface area contributed by atoms with Crippen LogP contribution in [0.4, 0.5) is 0 Å². The number of rotatable bonds is 7. The molecule has 0 saturated carbocycles. The molecule has 0 radical (unpaired) electrons. The van der Waals surface area contributed by atoms with Gasteiger partial charge in [-0.1, -0.05) is 45.0 Å². The van der Waals surface area contributed by atoms with Crippen molar-refractivity contribution < 1.29 is 14.3 Å². The minimum Gasteiger partial charge on any atom is -0.463 e. The number of hydrogen-bond donors (Lipinski definition) is 0. The van der Waals surface area contributed by atoms with Crippen molar-refractivity contribution in [3.63, 3.8) is 0 Å². The van der Waals surface area contributed by atoms with Crippen LogP contribution in [0.1, 0.15) is 52.7 Å². The molecule has 7 heteroatoms. The van der Waals surface area contributed by atoms with Gasteiger partial charge in [-0.2, -0.15) is 0 Å². The zero-order chi connectivity index (χ0) is 23.2. The van der Waals surface area contributed by atoms with Crippen molar-refractivity contribution in [3.8, 4) is 0 Å². The fourth-order valence-corrected chi connectivity index (χ4v) is 4.15. The summed E-state index contributed by atoms with van der Waals surface area (Å²) in [6.07, 6.45) is 3.07. The molecule has 0 atom stereocenters. The highest BCUT2D eigenvalue weighted by Gasteiger charge is 2.15. The van der Waals surface area contributed by atoms with Crippen molar-refractivity contribution in [2.45, 2.75) is 53.5 Å². The molecule has 168 valence electrons. The molecule has 2 aromatic rings. The summed E-state index contributed by atoms with van der Waals surface area (Å²) < 4.78 is 7.23. The number of esters is 1. The lowest BCUT2D eigenvalue weighted by atomic mass is 9.87. The first-order valence-corrected chi connectivity index (χ1v) is 11.4. The summed E-state index contributed by atoms with van der Waals surface area (Å²) >= 11 is 1.18. The van der Waals surface area contributed by atoms with Crippen LogP contribution >= 0.6 is 11.3 Å². The average Bonchev–Trinajstić information content (AvgIpc) is 2.97. The molecule has 0 saturated heterocycles. The van der Waals surface area contributed by atoms with E-state index in [1.54, 1.807) is 17.9 Å². The first kappa shape index (κ1) is 24.6. The van der Waals surface area contributed by atoms with E-state index < -0.39 is 5.97 Å². The molecule has 1 aromatic carbocycles. The minimum absolute atomic E-state index is 0.0424. The Kier molecular flexibility index (Phi) is 8.39. The highest BCUT2D eigenvalue weighted by molar-refractivity contribution is 7.07. The van der Waals surface area contributed by atoms with Crippen molar-refractivity contribution in [2.75, 3.05) is 19.7 Å². The summed E-state index contributed by atoms with van der Waals surface area (Å²) in [5.41, 5.74) is 1.84. The standard InChI is InChI=1S/C24H32N2O4S/c1-7-25(8-2)20(27)16-26-21(15-22(28)30-9-3)31-19(23(26)29)14-17-10-12-18(13-11-17)24(4,5)6/h10-15H,7-9,16H2,1-6H3/b19-14-,21-15-. The summed E-state index contributed by atoms with van der Waals surface area (Å²) in [4.78, 5) is 39.4. The molecule has 0 bridgehead atoms. The van der Waals surface area contributed by atoms with Gasteiger partial charge in [-0.15, -0.1) is 11.3 Å². The number of nitrogens with zero attached hydrogens (tertiary/aromatic N) is 2. The molecule has 31 heavy (non-hydrogen) atoms. The molecule has 0 aliphatic carbocycles. The minimum atomic E-state index is -0.533.